The minimum Gasteiger partial charge on any atom is -0.484 e. The molecule has 0 saturated heterocycles. The summed E-state index contributed by atoms with van der Waals surface area (Å²) in [6.07, 6.45) is -0.635. The molecule has 0 saturated carbocycles. The third kappa shape index (κ3) is 5.62. The van der Waals surface area contributed by atoms with E-state index in [1.807, 2.05) is 31.2 Å². The molecule has 2 rings (SSSR count). The van der Waals surface area contributed by atoms with Crippen LogP contribution in [0.25, 0.3) is 0 Å². The Morgan fingerprint density at radius 2 is 1.77 bits per heavy atom. The molecule has 136 valence electrons. The molecule has 2 amide bonds. The predicted molar refractivity (Wildman–Crippen MR) is 99.5 cm³/mol. The van der Waals surface area contributed by atoms with E-state index in [0.717, 1.165) is 16.8 Å². The van der Waals surface area contributed by atoms with E-state index in [-0.39, 0.29) is 12.5 Å². The van der Waals surface area contributed by atoms with Crippen molar-refractivity contribution in [2.24, 2.45) is 5.10 Å². The lowest BCUT2D eigenvalue weighted by molar-refractivity contribution is -0.118. The first kappa shape index (κ1) is 19.0. The van der Waals surface area contributed by atoms with Gasteiger partial charge in [0.1, 0.15) is 5.75 Å². The lowest BCUT2D eigenvalue weighted by atomic mass is 10.1. The smallest absolute Gasteiger partial charge is 0.427 e. The van der Waals surface area contributed by atoms with Gasteiger partial charge in [0.25, 0.3) is 5.91 Å². The van der Waals surface area contributed by atoms with Crippen molar-refractivity contribution in [3.63, 3.8) is 0 Å². The molecule has 0 spiro atoms. The van der Waals surface area contributed by atoms with Crippen LogP contribution in [0.3, 0.4) is 0 Å². The molecule has 0 aliphatic carbocycles. The zero-order valence-electron chi connectivity index (χ0n) is 14.9. The van der Waals surface area contributed by atoms with Gasteiger partial charge < -0.3 is 14.8 Å². The van der Waals surface area contributed by atoms with Crippen LogP contribution >= 0.6 is 0 Å². The summed E-state index contributed by atoms with van der Waals surface area (Å²) in [5.41, 5.74) is 5.42. The van der Waals surface area contributed by atoms with Crippen LogP contribution < -0.4 is 15.5 Å². The second kappa shape index (κ2) is 9.22. The minimum atomic E-state index is -0.635. The van der Waals surface area contributed by atoms with E-state index in [1.54, 1.807) is 31.2 Å². The van der Waals surface area contributed by atoms with Crippen LogP contribution in [-0.2, 0) is 9.53 Å². The summed E-state index contributed by atoms with van der Waals surface area (Å²) in [5.74, 6) is 0.325. The van der Waals surface area contributed by atoms with E-state index in [2.05, 4.69) is 20.6 Å². The summed E-state index contributed by atoms with van der Waals surface area (Å²) in [4.78, 5) is 23.0. The third-order valence-corrected chi connectivity index (χ3v) is 3.56. The fraction of sp³-hybridized carbons (Fsp3) is 0.211. The van der Waals surface area contributed by atoms with E-state index in [0.29, 0.717) is 11.5 Å². The van der Waals surface area contributed by atoms with Crippen LogP contribution in [0.4, 0.5) is 10.5 Å². The fourth-order valence-electron chi connectivity index (χ4n) is 2.08. The first-order valence-electron chi connectivity index (χ1n) is 7.96. The molecular weight excluding hydrogens is 334 g/mol. The predicted octanol–water partition coefficient (Wildman–Crippen LogP) is 3.09. The number of hydrogen-bond acceptors (Lipinski definition) is 5. The summed E-state index contributed by atoms with van der Waals surface area (Å²) < 4.78 is 9.93. The number of hydrazone groups is 1. The minimum absolute atomic E-state index is 0.0926. The van der Waals surface area contributed by atoms with Gasteiger partial charge in [0.15, 0.2) is 6.61 Å². The topological polar surface area (TPSA) is 89.0 Å². The Kier molecular flexibility index (Phi) is 6.73. The van der Waals surface area contributed by atoms with E-state index in [1.165, 1.54) is 7.11 Å². The van der Waals surface area contributed by atoms with Crippen molar-refractivity contribution in [3.8, 4) is 5.75 Å². The zero-order valence-corrected chi connectivity index (χ0v) is 14.9. The number of rotatable bonds is 6. The van der Waals surface area contributed by atoms with Crippen LogP contribution in [0.15, 0.2) is 53.6 Å². The molecule has 0 bridgehead atoms. The molecule has 0 radical (unpaired) electrons. The number of nitrogens with one attached hydrogen (secondary N) is 2. The van der Waals surface area contributed by atoms with Crippen molar-refractivity contribution in [3.05, 3.63) is 59.7 Å². The maximum Gasteiger partial charge on any atom is 0.427 e. The second-order valence-electron chi connectivity index (χ2n) is 5.48. The maximum atomic E-state index is 12.0. The van der Waals surface area contributed by atoms with Gasteiger partial charge in [0, 0.05) is 5.69 Å². The number of methoxy groups -OCH3 is 1. The van der Waals surface area contributed by atoms with Crippen molar-refractivity contribution >= 4 is 23.4 Å². The van der Waals surface area contributed by atoms with E-state index >= 15 is 0 Å². The Bertz CT molecular complexity index is 801. The number of hydrogen-bond donors (Lipinski definition) is 2. The first-order valence-corrected chi connectivity index (χ1v) is 7.96. The number of ether oxygens (including phenoxy) is 2. The first-order chi connectivity index (χ1) is 12.5. The molecule has 7 heteroatoms. The van der Waals surface area contributed by atoms with Gasteiger partial charge in [-0.15, -0.1) is 0 Å². The highest BCUT2D eigenvalue weighted by atomic mass is 16.5. The Labute approximate surface area is 152 Å². The van der Waals surface area contributed by atoms with Crippen molar-refractivity contribution in [2.75, 3.05) is 19.0 Å². The molecule has 2 N–H and O–H groups in total. The molecule has 2 aromatic rings. The number of amides is 2. The van der Waals surface area contributed by atoms with Gasteiger partial charge in [-0.2, -0.15) is 5.10 Å². The second-order valence-corrected chi connectivity index (χ2v) is 5.48. The summed E-state index contributed by atoms with van der Waals surface area (Å²) in [6.45, 7) is 3.58. The summed E-state index contributed by atoms with van der Waals surface area (Å²) in [6, 6.07) is 14.6. The number of aryl methyl sites for hydroxylation is 1. The monoisotopic (exact) mass is 355 g/mol. The molecule has 7 nitrogen and oxygen atoms in total. The molecule has 26 heavy (non-hydrogen) atoms. The summed E-state index contributed by atoms with van der Waals surface area (Å²) >= 11 is 0. The average molecular weight is 355 g/mol. The van der Waals surface area contributed by atoms with Crippen LogP contribution in [0.5, 0.6) is 5.75 Å². The van der Waals surface area contributed by atoms with Gasteiger partial charge in [0.2, 0.25) is 0 Å². The Hall–Kier alpha value is -3.35. The Balaban J connectivity index is 1.88. The highest BCUT2D eigenvalue weighted by Crippen LogP contribution is 2.15. The van der Waals surface area contributed by atoms with Gasteiger partial charge in [-0.25, -0.2) is 10.2 Å². The third-order valence-electron chi connectivity index (χ3n) is 3.56. The van der Waals surface area contributed by atoms with Crippen LogP contribution in [0.1, 0.15) is 18.1 Å². The summed E-state index contributed by atoms with van der Waals surface area (Å²) in [7, 11) is 1.27. The van der Waals surface area contributed by atoms with E-state index in [9.17, 15) is 9.59 Å². The molecule has 0 aliphatic heterocycles. The van der Waals surface area contributed by atoms with Crippen molar-refractivity contribution in [1.29, 1.82) is 0 Å². The molecule has 0 unspecified atom stereocenters. The molecule has 0 aromatic heterocycles. The van der Waals surface area contributed by atoms with Crippen LogP contribution in [0, 0.1) is 6.92 Å². The van der Waals surface area contributed by atoms with Crippen molar-refractivity contribution < 1.29 is 19.1 Å². The quantitative estimate of drug-likeness (QED) is 0.615. The van der Waals surface area contributed by atoms with E-state index < -0.39 is 6.09 Å². The van der Waals surface area contributed by atoms with E-state index in [4.69, 9.17) is 4.74 Å². The molecule has 0 fully saturated rings. The molecule has 0 aliphatic rings. The standard InChI is InChI=1S/C19H21N3O4/c1-13-6-4-5-7-17(13)20-18(23)12-26-16-10-8-15(9-11-16)14(2)21-22-19(24)25-3/h4-11H,12H2,1-3H3,(H,20,23)(H,22,24)/b21-14-. The summed E-state index contributed by atoms with van der Waals surface area (Å²) in [5, 5.41) is 6.72. The van der Waals surface area contributed by atoms with Gasteiger partial charge in [-0.3, -0.25) is 4.79 Å². The number of anilines is 1. The molecule has 0 heterocycles. The average Bonchev–Trinajstić information content (AvgIpc) is 2.66. The Morgan fingerprint density at radius 3 is 2.42 bits per heavy atom. The highest BCUT2D eigenvalue weighted by molar-refractivity contribution is 5.99. The van der Waals surface area contributed by atoms with Gasteiger partial charge in [-0.05, 0) is 55.3 Å². The zero-order chi connectivity index (χ0) is 18.9. The molecule has 2 aromatic carbocycles. The number of carbonyl (C=O) groups excluding carboxylic acids is 2. The largest absolute Gasteiger partial charge is 0.484 e. The van der Waals surface area contributed by atoms with Gasteiger partial charge in [-0.1, -0.05) is 18.2 Å². The molecular formula is C19H21N3O4. The van der Waals surface area contributed by atoms with Crippen LogP contribution in [-0.4, -0.2) is 31.4 Å². The SMILES string of the molecule is COC(=O)N/N=C(/C)c1ccc(OCC(=O)Nc2ccccc2C)cc1. The van der Waals surface area contributed by atoms with Crippen molar-refractivity contribution in [2.45, 2.75) is 13.8 Å². The number of para-hydroxylation sites is 1. The lowest BCUT2D eigenvalue weighted by Crippen LogP contribution is -2.20. The van der Waals surface area contributed by atoms with Crippen LogP contribution in [0.2, 0.25) is 0 Å². The van der Waals surface area contributed by atoms with Crippen molar-refractivity contribution in [1.82, 2.24) is 5.43 Å². The Morgan fingerprint density at radius 1 is 1.08 bits per heavy atom. The van der Waals surface area contributed by atoms with Gasteiger partial charge in [0.05, 0.1) is 12.8 Å². The van der Waals surface area contributed by atoms with Gasteiger partial charge >= 0.3 is 6.09 Å². The number of benzene rings is 2. The fourth-order valence-corrected chi connectivity index (χ4v) is 2.08. The highest BCUT2D eigenvalue weighted by Gasteiger charge is 2.06. The number of carbonyl (C=O) groups is 2. The maximum absolute atomic E-state index is 12.0. The normalized spacial score (nSPS) is 10.8. The number of nitrogens with zero attached hydrogens (tertiary/aromatic N) is 1. The molecule has 0 atom stereocenters. The lowest BCUT2D eigenvalue weighted by Gasteiger charge is -2.10.